The van der Waals surface area contributed by atoms with Crippen LogP contribution in [0.2, 0.25) is 0 Å². The Balaban J connectivity index is 0.000000357. The van der Waals surface area contributed by atoms with Crippen molar-refractivity contribution in [2.45, 2.75) is 13.8 Å². The first kappa shape index (κ1) is 13.8. The standard InChI is InChI=1S/C14H14.CH4N2O/c1-11-3-7-13(8-4-11)14-9-5-12(2)6-10-14;2-1(3)4/h3-10H,1-2H3;(H4,2,3,4). The van der Waals surface area contributed by atoms with E-state index in [-0.39, 0.29) is 0 Å². The van der Waals surface area contributed by atoms with Crippen LogP contribution in [-0.2, 0) is 0 Å². The molecule has 0 spiro atoms. The van der Waals surface area contributed by atoms with Crippen LogP contribution in [0.1, 0.15) is 11.1 Å². The van der Waals surface area contributed by atoms with E-state index in [0.29, 0.717) is 0 Å². The molecule has 0 saturated carbocycles. The number of nitrogens with two attached hydrogens (primary N) is 2. The number of carbonyl (C=O) groups is 1. The second-order valence-electron chi connectivity index (χ2n) is 4.13. The largest absolute Gasteiger partial charge is 0.352 e. The molecule has 0 heterocycles. The molecule has 0 fully saturated rings. The minimum absolute atomic E-state index is 0.833. The van der Waals surface area contributed by atoms with Crippen LogP contribution in [0.25, 0.3) is 11.1 Å². The monoisotopic (exact) mass is 242 g/mol. The topological polar surface area (TPSA) is 69.1 Å². The molecule has 0 atom stereocenters. The molecule has 3 nitrogen and oxygen atoms in total. The quantitative estimate of drug-likeness (QED) is 0.793. The Bertz CT molecular complexity index is 454. The van der Waals surface area contributed by atoms with Gasteiger partial charge in [-0.05, 0) is 25.0 Å². The molecule has 2 amide bonds. The van der Waals surface area contributed by atoms with Gasteiger partial charge in [0.05, 0.1) is 0 Å². The smallest absolute Gasteiger partial charge is 0.309 e. The Morgan fingerprint density at radius 2 is 0.944 bits per heavy atom. The van der Waals surface area contributed by atoms with Gasteiger partial charge in [0.25, 0.3) is 0 Å². The number of benzene rings is 2. The number of amides is 2. The molecule has 0 unspecified atom stereocenters. The lowest BCUT2D eigenvalue weighted by atomic mass is 10.0. The fourth-order valence-corrected chi connectivity index (χ4v) is 1.49. The number of aryl methyl sites for hydroxylation is 2. The summed E-state index contributed by atoms with van der Waals surface area (Å²) >= 11 is 0. The number of hydrogen-bond acceptors (Lipinski definition) is 1. The Kier molecular flexibility index (Phi) is 4.93. The highest BCUT2D eigenvalue weighted by Crippen LogP contribution is 2.19. The highest BCUT2D eigenvalue weighted by atomic mass is 16.2. The van der Waals surface area contributed by atoms with Gasteiger partial charge in [0, 0.05) is 0 Å². The van der Waals surface area contributed by atoms with Crippen LogP contribution < -0.4 is 11.5 Å². The number of primary amides is 2. The Hall–Kier alpha value is -2.29. The SMILES string of the molecule is Cc1ccc(-c2ccc(C)cc2)cc1.NC(N)=O. The fraction of sp³-hybridized carbons (Fsp3) is 0.133. The molecule has 0 aromatic heterocycles. The van der Waals surface area contributed by atoms with Crippen molar-refractivity contribution in [2.24, 2.45) is 11.5 Å². The molecular weight excluding hydrogens is 224 g/mol. The predicted molar refractivity (Wildman–Crippen MR) is 75.1 cm³/mol. The van der Waals surface area contributed by atoms with Crippen molar-refractivity contribution >= 4 is 6.03 Å². The Morgan fingerprint density at radius 3 is 1.17 bits per heavy atom. The molecule has 94 valence electrons. The lowest BCUT2D eigenvalue weighted by Crippen LogP contribution is -2.18. The van der Waals surface area contributed by atoms with Crippen LogP contribution in [-0.4, -0.2) is 6.03 Å². The summed E-state index contributed by atoms with van der Waals surface area (Å²) in [7, 11) is 0. The van der Waals surface area contributed by atoms with Crippen molar-refractivity contribution in [3.63, 3.8) is 0 Å². The van der Waals surface area contributed by atoms with E-state index in [1.807, 2.05) is 0 Å². The van der Waals surface area contributed by atoms with Crippen LogP contribution in [0.15, 0.2) is 48.5 Å². The minimum Gasteiger partial charge on any atom is -0.352 e. The van der Waals surface area contributed by atoms with Gasteiger partial charge >= 0.3 is 6.03 Å². The Labute approximate surface area is 107 Å². The van der Waals surface area contributed by atoms with Gasteiger partial charge in [-0.1, -0.05) is 59.7 Å². The van der Waals surface area contributed by atoms with Gasteiger partial charge in [0.15, 0.2) is 0 Å². The summed E-state index contributed by atoms with van der Waals surface area (Å²) in [4.78, 5) is 9.00. The van der Waals surface area contributed by atoms with Gasteiger partial charge in [-0.2, -0.15) is 0 Å². The molecule has 0 radical (unpaired) electrons. The van der Waals surface area contributed by atoms with E-state index in [2.05, 4.69) is 73.8 Å². The van der Waals surface area contributed by atoms with Crippen molar-refractivity contribution in [1.82, 2.24) is 0 Å². The van der Waals surface area contributed by atoms with Crippen LogP contribution in [0.5, 0.6) is 0 Å². The van der Waals surface area contributed by atoms with Crippen molar-refractivity contribution in [2.75, 3.05) is 0 Å². The second-order valence-corrected chi connectivity index (χ2v) is 4.13. The lowest BCUT2D eigenvalue weighted by Gasteiger charge is -2.02. The summed E-state index contributed by atoms with van der Waals surface area (Å²) in [5, 5.41) is 0. The van der Waals surface area contributed by atoms with Crippen molar-refractivity contribution in [3.05, 3.63) is 59.7 Å². The van der Waals surface area contributed by atoms with E-state index in [1.54, 1.807) is 0 Å². The molecule has 0 aliphatic rings. The number of urea groups is 1. The molecule has 2 aromatic rings. The maximum absolute atomic E-state index is 9.00. The highest BCUT2D eigenvalue weighted by molar-refractivity contribution is 5.69. The van der Waals surface area contributed by atoms with Gasteiger partial charge in [0.2, 0.25) is 0 Å². The molecule has 2 aromatic carbocycles. The van der Waals surface area contributed by atoms with Crippen molar-refractivity contribution in [1.29, 1.82) is 0 Å². The van der Waals surface area contributed by atoms with Gasteiger partial charge in [-0.25, -0.2) is 4.79 Å². The summed E-state index contributed by atoms with van der Waals surface area (Å²) in [6, 6.07) is 16.4. The van der Waals surface area contributed by atoms with E-state index in [0.717, 1.165) is 0 Å². The molecule has 0 aliphatic heterocycles. The van der Waals surface area contributed by atoms with Crippen molar-refractivity contribution in [3.8, 4) is 11.1 Å². The van der Waals surface area contributed by atoms with Crippen LogP contribution in [0.3, 0.4) is 0 Å². The van der Waals surface area contributed by atoms with E-state index in [4.69, 9.17) is 4.79 Å². The molecule has 3 heteroatoms. The molecule has 0 bridgehead atoms. The average Bonchev–Trinajstić information content (AvgIpc) is 2.31. The van der Waals surface area contributed by atoms with Crippen LogP contribution in [0, 0.1) is 13.8 Å². The summed E-state index contributed by atoms with van der Waals surface area (Å²) in [5.74, 6) is 0. The maximum atomic E-state index is 9.00. The first-order valence-corrected chi connectivity index (χ1v) is 5.67. The van der Waals surface area contributed by atoms with E-state index >= 15 is 0 Å². The van der Waals surface area contributed by atoms with Gasteiger partial charge in [-0.15, -0.1) is 0 Å². The zero-order chi connectivity index (χ0) is 13.5. The van der Waals surface area contributed by atoms with Crippen LogP contribution in [0.4, 0.5) is 4.79 Å². The lowest BCUT2D eigenvalue weighted by molar-refractivity contribution is 0.256. The normalized spacial score (nSPS) is 9.22. The van der Waals surface area contributed by atoms with Gasteiger partial charge in [0.1, 0.15) is 0 Å². The summed E-state index contributed by atoms with van der Waals surface area (Å²) in [6.07, 6.45) is 0. The summed E-state index contributed by atoms with van der Waals surface area (Å²) < 4.78 is 0. The average molecular weight is 242 g/mol. The molecule has 2 rings (SSSR count). The van der Waals surface area contributed by atoms with Crippen LogP contribution >= 0.6 is 0 Å². The first-order valence-electron chi connectivity index (χ1n) is 5.67. The minimum atomic E-state index is -0.833. The molecule has 0 saturated heterocycles. The zero-order valence-corrected chi connectivity index (χ0v) is 10.7. The van der Waals surface area contributed by atoms with Crippen molar-refractivity contribution < 1.29 is 4.79 Å². The molecule has 4 N–H and O–H groups in total. The number of carbonyl (C=O) groups excluding carboxylic acids is 1. The molecule has 18 heavy (non-hydrogen) atoms. The zero-order valence-electron chi connectivity index (χ0n) is 10.7. The number of rotatable bonds is 1. The number of hydrogen-bond donors (Lipinski definition) is 2. The van der Waals surface area contributed by atoms with E-state index in [1.165, 1.54) is 22.3 Å². The maximum Gasteiger partial charge on any atom is 0.309 e. The van der Waals surface area contributed by atoms with E-state index in [9.17, 15) is 0 Å². The second kappa shape index (κ2) is 6.45. The molecule has 0 aliphatic carbocycles. The van der Waals surface area contributed by atoms with E-state index < -0.39 is 6.03 Å². The first-order chi connectivity index (χ1) is 8.49. The molecular formula is C15H18N2O. The fourth-order valence-electron chi connectivity index (χ4n) is 1.49. The third kappa shape index (κ3) is 4.70. The van der Waals surface area contributed by atoms with Gasteiger partial charge < -0.3 is 11.5 Å². The predicted octanol–water partition coefficient (Wildman–Crippen LogP) is 2.99. The third-order valence-electron chi connectivity index (χ3n) is 2.44. The van der Waals surface area contributed by atoms with Gasteiger partial charge in [-0.3, -0.25) is 0 Å². The summed E-state index contributed by atoms with van der Waals surface area (Å²) in [5.41, 5.74) is 13.7. The summed E-state index contributed by atoms with van der Waals surface area (Å²) in [6.45, 7) is 4.22. The third-order valence-corrected chi connectivity index (χ3v) is 2.44. The Morgan fingerprint density at radius 1 is 0.722 bits per heavy atom. The highest BCUT2D eigenvalue weighted by Gasteiger charge is 1.95.